The zero-order valence-corrected chi connectivity index (χ0v) is 12.3. The number of anilines is 1. The molecule has 0 spiro atoms. The molecular weight excluding hydrogens is 266 g/mol. The van der Waals surface area contributed by atoms with E-state index in [0.29, 0.717) is 5.02 Å². The lowest BCUT2D eigenvalue weighted by Crippen LogP contribution is -1.95. The molecule has 1 N–H and O–H groups in total. The molecule has 2 aromatic rings. The second-order valence-electron chi connectivity index (χ2n) is 4.56. The summed E-state index contributed by atoms with van der Waals surface area (Å²) in [6.07, 6.45) is 5.03. The van der Waals surface area contributed by atoms with Gasteiger partial charge in [-0.3, -0.25) is 0 Å². The Morgan fingerprint density at radius 1 is 1.15 bits per heavy atom. The minimum atomic E-state index is 0.709. The van der Waals surface area contributed by atoms with Gasteiger partial charge in [0.15, 0.2) is 0 Å². The van der Waals surface area contributed by atoms with Gasteiger partial charge >= 0.3 is 0 Å². The Kier molecular flexibility index (Phi) is 5.03. The van der Waals surface area contributed by atoms with E-state index in [1.54, 1.807) is 0 Å². The average Bonchev–Trinajstić information content (AvgIpc) is 2.45. The van der Waals surface area contributed by atoms with Gasteiger partial charge in [-0.1, -0.05) is 61.5 Å². The van der Waals surface area contributed by atoms with Crippen molar-refractivity contribution < 1.29 is 0 Å². The van der Waals surface area contributed by atoms with Crippen LogP contribution in [0.3, 0.4) is 0 Å². The SMILES string of the molecule is C=C(/C=C\CC)Nc1cc(Cl)cc(-c2ccccc2)c1. The van der Waals surface area contributed by atoms with Crippen molar-refractivity contribution in [2.24, 2.45) is 0 Å². The number of allylic oxidation sites excluding steroid dienone is 2. The van der Waals surface area contributed by atoms with E-state index in [1.807, 2.05) is 36.4 Å². The summed E-state index contributed by atoms with van der Waals surface area (Å²) in [6.45, 7) is 6.07. The first kappa shape index (κ1) is 14.4. The van der Waals surface area contributed by atoms with E-state index in [1.165, 1.54) is 0 Å². The van der Waals surface area contributed by atoms with Crippen LogP contribution in [0.2, 0.25) is 5.02 Å². The minimum absolute atomic E-state index is 0.709. The number of rotatable bonds is 5. The lowest BCUT2D eigenvalue weighted by molar-refractivity contribution is 1.22. The Morgan fingerprint density at radius 3 is 2.60 bits per heavy atom. The van der Waals surface area contributed by atoms with Gasteiger partial charge in [-0.2, -0.15) is 0 Å². The first-order valence-electron chi connectivity index (χ1n) is 6.67. The molecule has 102 valence electrons. The fourth-order valence-electron chi connectivity index (χ4n) is 1.95. The van der Waals surface area contributed by atoms with Crippen molar-refractivity contribution in [3.05, 3.63) is 78.0 Å². The molecule has 2 aromatic carbocycles. The number of nitrogens with one attached hydrogen (secondary N) is 1. The fourth-order valence-corrected chi connectivity index (χ4v) is 2.18. The van der Waals surface area contributed by atoms with E-state index in [0.717, 1.165) is 28.9 Å². The van der Waals surface area contributed by atoms with E-state index < -0.39 is 0 Å². The number of hydrogen-bond donors (Lipinski definition) is 1. The Balaban J connectivity index is 2.25. The molecule has 0 saturated carbocycles. The largest absolute Gasteiger partial charge is 0.356 e. The lowest BCUT2D eigenvalue weighted by Gasteiger charge is -2.10. The number of benzene rings is 2. The van der Waals surface area contributed by atoms with E-state index in [4.69, 9.17) is 11.6 Å². The molecule has 0 aliphatic rings. The van der Waals surface area contributed by atoms with Crippen molar-refractivity contribution >= 4 is 17.3 Å². The van der Waals surface area contributed by atoms with E-state index in [9.17, 15) is 0 Å². The van der Waals surface area contributed by atoms with Crippen LogP contribution in [-0.4, -0.2) is 0 Å². The number of hydrogen-bond acceptors (Lipinski definition) is 1. The molecule has 0 unspecified atom stereocenters. The summed E-state index contributed by atoms with van der Waals surface area (Å²) in [4.78, 5) is 0. The Morgan fingerprint density at radius 2 is 1.90 bits per heavy atom. The molecule has 0 aliphatic carbocycles. The molecule has 2 heteroatoms. The van der Waals surface area contributed by atoms with Crippen LogP contribution >= 0.6 is 11.6 Å². The van der Waals surface area contributed by atoms with Crippen LogP contribution in [0.15, 0.2) is 73.0 Å². The summed E-state index contributed by atoms with van der Waals surface area (Å²) in [5, 5.41) is 3.97. The Labute approximate surface area is 125 Å². The maximum Gasteiger partial charge on any atom is 0.0432 e. The topological polar surface area (TPSA) is 12.0 Å². The molecule has 0 aromatic heterocycles. The van der Waals surface area contributed by atoms with Crippen LogP contribution in [0.25, 0.3) is 11.1 Å². The van der Waals surface area contributed by atoms with Crippen LogP contribution in [0.4, 0.5) is 5.69 Å². The highest BCUT2D eigenvalue weighted by molar-refractivity contribution is 6.31. The molecule has 0 amide bonds. The summed E-state index contributed by atoms with van der Waals surface area (Å²) in [5.41, 5.74) is 4.04. The van der Waals surface area contributed by atoms with Crippen LogP contribution in [0, 0.1) is 0 Å². The highest BCUT2D eigenvalue weighted by Gasteiger charge is 2.02. The standard InChI is InChI=1S/C18H18ClN/c1-3-4-8-14(2)20-18-12-16(11-17(19)13-18)15-9-6-5-7-10-15/h4-13,20H,2-3H2,1H3/b8-4-. The molecule has 20 heavy (non-hydrogen) atoms. The predicted molar refractivity (Wildman–Crippen MR) is 89.1 cm³/mol. The second kappa shape index (κ2) is 6.97. The maximum atomic E-state index is 6.20. The van der Waals surface area contributed by atoms with Gasteiger partial charge in [0.2, 0.25) is 0 Å². The quantitative estimate of drug-likeness (QED) is 0.674. The molecule has 0 aliphatic heterocycles. The lowest BCUT2D eigenvalue weighted by atomic mass is 10.1. The van der Waals surface area contributed by atoms with Gasteiger partial charge in [-0.25, -0.2) is 0 Å². The summed E-state index contributed by atoms with van der Waals surface area (Å²) in [7, 11) is 0. The van der Waals surface area contributed by atoms with Crippen molar-refractivity contribution in [1.82, 2.24) is 0 Å². The smallest absolute Gasteiger partial charge is 0.0432 e. The molecule has 0 heterocycles. The first-order valence-corrected chi connectivity index (χ1v) is 7.05. The van der Waals surface area contributed by atoms with Gasteiger partial charge in [0, 0.05) is 16.4 Å². The van der Waals surface area contributed by atoms with Gasteiger partial charge < -0.3 is 5.32 Å². The molecule has 0 saturated heterocycles. The molecule has 1 nitrogen and oxygen atoms in total. The summed E-state index contributed by atoms with van der Waals surface area (Å²) in [5.74, 6) is 0. The van der Waals surface area contributed by atoms with Crippen molar-refractivity contribution in [2.45, 2.75) is 13.3 Å². The van der Waals surface area contributed by atoms with Gasteiger partial charge in [0.25, 0.3) is 0 Å². The molecule has 2 rings (SSSR count). The summed E-state index contributed by atoms with van der Waals surface area (Å²) >= 11 is 6.20. The third kappa shape index (κ3) is 4.01. The monoisotopic (exact) mass is 283 g/mol. The number of halogens is 1. The van der Waals surface area contributed by atoms with Gasteiger partial charge in [-0.15, -0.1) is 0 Å². The maximum absolute atomic E-state index is 6.20. The third-order valence-electron chi connectivity index (χ3n) is 2.86. The van der Waals surface area contributed by atoms with Gasteiger partial charge in [0.05, 0.1) is 0 Å². The van der Waals surface area contributed by atoms with Crippen molar-refractivity contribution in [3.63, 3.8) is 0 Å². The zero-order chi connectivity index (χ0) is 14.4. The average molecular weight is 284 g/mol. The predicted octanol–water partition coefficient (Wildman–Crippen LogP) is 5.90. The van der Waals surface area contributed by atoms with Crippen molar-refractivity contribution in [2.75, 3.05) is 5.32 Å². The van der Waals surface area contributed by atoms with Crippen LogP contribution in [0.5, 0.6) is 0 Å². The third-order valence-corrected chi connectivity index (χ3v) is 3.08. The molecular formula is C18H18ClN. The zero-order valence-electron chi connectivity index (χ0n) is 11.6. The fraction of sp³-hybridized carbons (Fsp3) is 0.111. The molecule has 0 atom stereocenters. The Bertz CT molecular complexity index is 615. The van der Waals surface area contributed by atoms with Crippen LogP contribution in [-0.2, 0) is 0 Å². The Hall–Kier alpha value is -1.99. The summed E-state index contributed by atoms with van der Waals surface area (Å²) in [6, 6.07) is 16.1. The highest BCUT2D eigenvalue weighted by atomic mass is 35.5. The van der Waals surface area contributed by atoms with Gasteiger partial charge in [-0.05, 0) is 41.8 Å². The second-order valence-corrected chi connectivity index (χ2v) is 4.99. The van der Waals surface area contributed by atoms with Crippen LogP contribution in [0.1, 0.15) is 13.3 Å². The van der Waals surface area contributed by atoms with E-state index in [2.05, 4.69) is 43.1 Å². The van der Waals surface area contributed by atoms with E-state index in [-0.39, 0.29) is 0 Å². The van der Waals surface area contributed by atoms with Crippen molar-refractivity contribution in [3.8, 4) is 11.1 Å². The molecule has 0 radical (unpaired) electrons. The van der Waals surface area contributed by atoms with E-state index >= 15 is 0 Å². The van der Waals surface area contributed by atoms with Gasteiger partial charge in [0.1, 0.15) is 0 Å². The van der Waals surface area contributed by atoms with Crippen molar-refractivity contribution in [1.29, 1.82) is 0 Å². The normalized spacial score (nSPS) is 10.7. The summed E-state index contributed by atoms with van der Waals surface area (Å²) < 4.78 is 0. The highest BCUT2D eigenvalue weighted by Crippen LogP contribution is 2.27. The molecule has 0 fully saturated rings. The van der Waals surface area contributed by atoms with Crippen LogP contribution < -0.4 is 5.32 Å². The minimum Gasteiger partial charge on any atom is -0.356 e. The first-order chi connectivity index (χ1) is 9.69. The molecule has 0 bridgehead atoms.